The number of benzene rings is 1. The van der Waals surface area contributed by atoms with Gasteiger partial charge in [0.05, 0.1) is 0 Å². The fraction of sp³-hybridized carbons (Fsp3) is 0.533. The van der Waals surface area contributed by atoms with Crippen LogP contribution in [0.5, 0.6) is 5.75 Å². The number of hydrogen-bond acceptors (Lipinski definition) is 3. The minimum absolute atomic E-state index is 0.0504. The molecule has 0 bridgehead atoms. The summed E-state index contributed by atoms with van der Waals surface area (Å²) in [6.45, 7) is 2.18. The third-order valence-electron chi connectivity index (χ3n) is 3.66. The molecule has 19 heavy (non-hydrogen) atoms. The molecule has 1 saturated carbocycles. The highest BCUT2D eigenvalue weighted by Crippen LogP contribution is 2.26. The van der Waals surface area contributed by atoms with Crippen molar-refractivity contribution in [1.82, 2.24) is 10.2 Å². The monoisotopic (exact) mass is 262 g/mol. The maximum atomic E-state index is 11.9. The summed E-state index contributed by atoms with van der Waals surface area (Å²) in [5, 5.41) is 3.18. The minimum Gasteiger partial charge on any atom is -0.483 e. The molecule has 0 heterocycles. The Labute approximate surface area is 114 Å². The van der Waals surface area contributed by atoms with Crippen molar-refractivity contribution in [2.24, 2.45) is 0 Å². The van der Waals surface area contributed by atoms with Gasteiger partial charge in [0.25, 0.3) is 5.91 Å². The number of amides is 1. The molecule has 2 rings (SSSR count). The molecule has 0 saturated heterocycles. The summed E-state index contributed by atoms with van der Waals surface area (Å²) in [6.07, 6.45) is 2.24. The molecule has 104 valence electrons. The Morgan fingerprint density at radius 2 is 2.16 bits per heavy atom. The molecule has 1 N–H and O–H groups in total. The summed E-state index contributed by atoms with van der Waals surface area (Å²) in [5.41, 5.74) is 1.08. The molecule has 1 amide bonds. The van der Waals surface area contributed by atoms with Crippen LogP contribution in [0.4, 0.5) is 0 Å². The van der Waals surface area contributed by atoms with Crippen molar-refractivity contribution in [3.05, 3.63) is 29.8 Å². The van der Waals surface area contributed by atoms with Gasteiger partial charge in [-0.1, -0.05) is 18.2 Å². The standard InChI is InChI=1S/C15H22N2O2/c1-11(16-2)13-6-4-5-7-14(13)19-10-15(18)17(3)12-8-9-12/h4-7,11-12,16H,8-10H2,1-3H3. The summed E-state index contributed by atoms with van der Waals surface area (Å²) in [4.78, 5) is 13.7. The van der Waals surface area contributed by atoms with Crippen molar-refractivity contribution in [2.45, 2.75) is 31.8 Å². The van der Waals surface area contributed by atoms with Crippen LogP contribution in [-0.4, -0.2) is 37.6 Å². The van der Waals surface area contributed by atoms with Gasteiger partial charge >= 0.3 is 0 Å². The van der Waals surface area contributed by atoms with E-state index in [1.54, 1.807) is 4.90 Å². The Hall–Kier alpha value is -1.55. The second kappa shape index (κ2) is 6.06. The lowest BCUT2D eigenvalue weighted by Gasteiger charge is -2.19. The molecule has 1 aliphatic carbocycles. The van der Waals surface area contributed by atoms with E-state index in [0.717, 1.165) is 24.2 Å². The fourth-order valence-electron chi connectivity index (χ4n) is 2.03. The van der Waals surface area contributed by atoms with E-state index in [9.17, 15) is 4.79 Å². The molecular weight excluding hydrogens is 240 g/mol. The quantitative estimate of drug-likeness (QED) is 0.852. The summed E-state index contributed by atoms with van der Waals surface area (Å²) in [7, 11) is 3.76. The van der Waals surface area contributed by atoms with Crippen LogP contribution in [0.25, 0.3) is 0 Å². The van der Waals surface area contributed by atoms with E-state index in [1.807, 2.05) is 38.4 Å². The average molecular weight is 262 g/mol. The van der Waals surface area contributed by atoms with Crippen molar-refractivity contribution < 1.29 is 9.53 Å². The van der Waals surface area contributed by atoms with E-state index in [2.05, 4.69) is 12.2 Å². The third kappa shape index (κ3) is 3.47. The molecule has 4 heteroatoms. The normalized spacial score (nSPS) is 15.9. The highest BCUT2D eigenvalue weighted by atomic mass is 16.5. The lowest BCUT2D eigenvalue weighted by Crippen LogP contribution is -2.33. The first-order valence-electron chi connectivity index (χ1n) is 6.78. The summed E-state index contributed by atoms with van der Waals surface area (Å²) in [6, 6.07) is 8.47. The molecule has 0 aliphatic heterocycles. The molecule has 1 aromatic carbocycles. The van der Waals surface area contributed by atoms with E-state index in [-0.39, 0.29) is 18.6 Å². The summed E-state index contributed by atoms with van der Waals surface area (Å²) < 4.78 is 5.69. The van der Waals surface area contributed by atoms with Gasteiger partial charge in [-0.3, -0.25) is 4.79 Å². The molecule has 1 unspecified atom stereocenters. The van der Waals surface area contributed by atoms with Crippen molar-refractivity contribution in [1.29, 1.82) is 0 Å². The number of rotatable bonds is 6. The topological polar surface area (TPSA) is 41.6 Å². The second-order valence-electron chi connectivity index (χ2n) is 5.07. The van der Waals surface area contributed by atoms with Gasteiger partial charge in [0, 0.05) is 24.7 Å². The van der Waals surface area contributed by atoms with E-state index in [4.69, 9.17) is 4.74 Å². The molecule has 1 aliphatic rings. The zero-order valence-electron chi connectivity index (χ0n) is 11.8. The van der Waals surface area contributed by atoms with Crippen LogP contribution in [0.3, 0.4) is 0 Å². The number of carbonyl (C=O) groups excluding carboxylic acids is 1. The summed E-state index contributed by atoms with van der Waals surface area (Å²) >= 11 is 0. The number of likely N-dealkylation sites (N-methyl/N-ethyl adjacent to an activating group) is 1. The Morgan fingerprint density at radius 1 is 1.47 bits per heavy atom. The number of hydrogen-bond donors (Lipinski definition) is 1. The number of para-hydroxylation sites is 1. The van der Waals surface area contributed by atoms with Crippen LogP contribution in [0.2, 0.25) is 0 Å². The summed E-state index contributed by atoms with van der Waals surface area (Å²) in [5.74, 6) is 0.830. The Kier molecular flexibility index (Phi) is 4.43. The van der Waals surface area contributed by atoms with Gasteiger partial charge in [0.15, 0.2) is 6.61 Å². The third-order valence-corrected chi connectivity index (χ3v) is 3.66. The van der Waals surface area contributed by atoms with E-state index in [0.29, 0.717) is 6.04 Å². The van der Waals surface area contributed by atoms with Gasteiger partial charge in [0.1, 0.15) is 5.75 Å². The Bertz CT molecular complexity index is 444. The molecule has 1 fully saturated rings. The van der Waals surface area contributed by atoms with E-state index in [1.165, 1.54) is 0 Å². The number of nitrogens with one attached hydrogen (secondary N) is 1. The van der Waals surface area contributed by atoms with Crippen molar-refractivity contribution >= 4 is 5.91 Å². The van der Waals surface area contributed by atoms with Crippen molar-refractivity contribution in [3.8, 4) is 5.75 Å². The van der Waals surface area contributed by atoms with Crippen LogP contribution in [0.15, 0.2) is 24.3 Å². The van der Waals surface area contributed by atoms with Crippen molar-refractivity contribution in [2.75, 3.05) is 20.7 Å². The molecule has 1 atom stereocenters. The molecule has 0 radical (unpaired) electrons. The van der Waals surface area contributed by atoms with E-state index < -0.39 is 0 Å². The maximum Gasteiger partial charge on any atom is 0.260 e. The van der Waals surface area contributed by atoms with Gasteiger partial charge in [0.2, 0.25) is 0 Å². The van der Waals surface area contributed by atoms with Crippen LogP contribution in [-0.2, 0) is 4.79 Å². The lowest BCUT2D eigenvalue weighted by molar-refractivity contribution is -0.132. The first-order chi connectivity index (χ1) is 9.13. The van der Waals surface area contributed by atoms with Crippen LogP contribution < -0.4 is 10.1 Å². The zero-order chi connectivity index (χ0) is 13.8. The van der Waals surface area contributed by atoms with Gasteiger partial charge in [-0.05, 0) is 32.9 Å². The molecule has 1 aromatic rings. The first-order valence-corrected chi connectivity index (χ1v) is 6.78. The molecule has 0 spiro atoms. The number of ether oxygens (including phenoxy) is 1. The van der Waals surface area contributed by atoms with Gasteiger partial charge in [-0.2, -0.15) is 0 Å². The van der Waals surface area contributed by atoms with Crippen LogP contribution in [0.1, 0.15) is 31.4 Å². The van der Waals surface area contributed by atoms with Gasteiger partial charge in [-0.15, -0.1) is 0 Å². The predicted molar refractivity (Wildman–Crippen MR) is 75.2 cm³/mol. The number of nitrogens with zero attached hydrogens (tertiary/aromatic N) is 1. The van der Waals surface area contributed by atoms with E-state index >= 15 is 0 Å². The smallest absolute Gasteiger partial charge is 0.260 e. The highest BCUT2D eigenvalue weighted by molar-refractivity contribution is 5.78. The highest BCUT2D eigenvalue weighted by Gasteiger charge is 2.29. The lowest BCUT2D eigenvalue weighted by atomic mass is 10.1. The van der Waals surface area contributed by atoms with Crippen LogP contribution in [0, 0.1) is 0 Å². The molecule has 4 nitrogen and oxygen atoms in total. The predicted octanol–water partition coefficient (Wildman–Crippen LogP) is 1.97. The van der Waals surface area contributed by atoms with Gasteiger partial charge < -0.3 is 15.0 Å². The number of carbonyl (C=O) groups is 1. The Balaban J connectivity index is 1.96. The molecule has 0 aromatic heterocycles. The first kappa shape index (κ1) is 13.9. The Morgan fingerprint density at radius 3 is 2.79 bits per heavy atom. The zero-order valence-corrected chi connectivity index (χ0v) is 11.8. The minimum atomic E-state index is 0.0504. The molecular formula is C15H22N2O2. The largest absolute Gasteiger partial charge is 0.483 e. The maximum absolute atomic E-state index is 11.9. The fourth-order valence-corrected chi connectivity index (χ4v) is 2.03. The van der Waals surface area contributed by atoms with Crippen LogP contribution >= 0.6 is 0 Å². The average Bonchev–Trinajstić information content (AvgIpc) is 3.28. The van der Waals surface area contributed by atoms with Crippen molar-refractivity contribution in [3.63, 3.8) is 0 Å². The van der Waals surface area contributed by atoms with Gasteiger partial charge in [-0.25, -0.2) is 0 Å². The SMILES string of the molecule is CNC(C)c1ccccc1OCC(=O)N(C)C1CC1. The second-order valence-corrected chi connectivity index (χ2v) is 5.07.